The summed E-state index contributed by atoms with van der Waals surface area (Å²) in [5.74, 6) is 1.20. The minimum absolute atomic E-state index is 0.140. The molecule has 0 radical (unpaired) electrons. The number of nitrogens with one attached hydrogen (secondary N) is 1. The van der Waals surface area contributed by atoms with Crippen LogP contribution in [0.2, 0.25) is 10.0 Å². The zero-order valence-electron chi connectivity index (χ0n) is 23.6. The molecular formula is C33H37Cl2N3O2. The zero-order chi connectivity index (χ0) is 28.6. The van der Waals surface area contributed by atoms with E-state index in [1.807, 2.05) is 57.2 Å². The molecule has 0 aliphatic heterocycles. The summed E-state index contributed by atoms with van der Waals surface area (Å²) in [6, 6.07) is 23.5. The van der Waals surface area contributed by atoms with Gasteiger partial charge in [-0.05, 0) is 80.8 Å². The second-order valence-corrected chi connectivity index (χ2v) is 10.8. The van der Waals surface area contributed by atoms with Crippen molar-refractivity contribution in [2.45, 2.75) is 46.2 Å². The zero-order valence-corrected chi connectivity index (χ0v) is 25.1. The molecule has 0 saturated heterocycles. The number of hydrogen-bond acceptors (Lipinski definition) is 4. The van der Waals surface area contributed by atoms with Crippen LogP contribution in [-0.2, 0) is 6.54 Å². The predicted octanol–water partition coefficient (Wildman–Crippen LogP) is 8.27. The van der Waals surface area contributed by atoms with Crippen molar-refractivity contribution in [2.24, 2.45) is 5.92 Å². The Balaban J connectivity index is 0.00000181. The number of nitrogens with zero attached hydrogens (tertiary/aromatic N) is 2. The highest BCUT2D eigenvalue weighted by Gasteiger charge is 2.32. The Kier molecular flexibility index (Phi) is 10.4. The Bertz CT molecular complexity index is 1420. The standard InChI is InChI=1S/C31H31Cl2N3O2.C2H6/c1-3-38-25-11-9-22(10-12-25)28-17-26(30-27(33)15-23(32)16-29(30)35-28)31(37)34-24-13-21(14-24)19-36(2)18-20-7-5-4-6-8-20;1-2/h4-12,15-17,21,24H,3,13-14,18-19H2,1-2H3,(H,34,37);1-2H3. The van der Waals surface area contributed by atoms with E-state index in [0.717, 1.165) is 37.2 Å². The summed E-state index contributed by atoms with van der Waals surface area (Å²) in [6.45, 7) is 8.48. The molecule has 0 bridgehead atoms. The lowest BCUT2D eigenvalue weighted by atomic mass is 9.79. The molecule has 7 heteroatoms. The van der Waals surface area contributed by atoms with Gasteiger partial charge in [-0.3, -0.25) is 4.79 Å². The Morgan fingerprint density at radius 3 is 2.40 bits per heavy atom. The quantitative estimate of drug-likeness (QED) is 0.217. The number of aromatic nitrogens is 1. The second kappa shape index (κ2) is 14.0. The molecule has 3 aromatic carbocycles. The molecule has 210 valence electrons. The summed E-state index contributed by atoms with van der Waals surface area (Å²) in [7, 11) is 2.15. The maximum atomic E-state index is 13.5. The molecule has 1 aliphatic rings. The molecule has 4 aromatic rings. The van der Waals surface area contributed by atoms with Gasteiger partial charge in [0.1, 0.15) is 5.75 Å². The van der Waals surface area contributed by atoms with Crippen LogP contribution in [0.25, 0.3) is 22.2 Å². The highest BCUT2D eigenvalue weighted by molar-refractivity contribution is 6.39. The molecule has 0 unspecified atom stereocenters. The Hall–Kier alpha value is -3.12. The van der Waals surface area contributed by atoms with E-state index in [-0.39, 0.29) is 11.9 Å². The SMILES string of the molecule is CC.CCOc1ccc(-c2cc(C(=O)NC3CC(CN(C)Cc4ccccc4)C3)c3c(Cl)cc(Cl)cc3n2)cc1. The van der Waals surface area contributed by atoms with Crippen LogP contribution in [0, 0.1) is 5.92 Å². The summed E-state index contributed by atoms with van der Waals surface area (Å²) in [5.41, 5.74) is 3.96. The molecular weight excluding hydrogens is 541 g/mol. The Morgan fingerprint density at radius 1 is 1.02 bits per heavy atom. The van der Waals surface area contributed by atoms with E-state index >= 15 is 0 Å². The lowest BCUT2D eigenvalue weighted by Crippen LogP contribution is -2.47. The molecule has 5 nitrogen and oxygen atoms in total. The predicted molar refractivity (Wildman–Crippen MR) is 166 cm³/mol. The lowest BCUT2D eigenvalue weighted by molar-refractivity contribution is 0.0868. The smallest absolute Gasteiger partial charge is 0.252 e. The van der Waals surface area contributed by atoms with Gasteiger partial charge in [0.2, 0.25) is 0 Å². The Labute approximate surface area is 247 Å². The van der Waals surface area contributed by atoms with Crippen molar-refractivity contribution < 1.29 is 9.53 Å². The second-order valence-electron chi connectivity index (χ2n) is 9.98. The molecule has 1 heterocycles. The largest absolute Gasteiger partial charge is 0.494 e. The van der Waals surface area contributed by atoms with E-state index in [9.17, 15) is 4.79 Å². The minimum atomic E-state index is -0.144. The molecule has 5 rings (SSSR count). The number of benzene rings is 3. The third kappa shape index (κ3) is 7.34. The number of ether oxygens (including phenoxy) is 1. The number of hydrogen-bond donors (Lipinski definition) is 1. The van der Waals surface area contributed by atoms with Crippen LogP contribution in [0.1, 0.15) is 49.5 Å². The van der Waals surface area contributed by atoms with Gasteiger partial charge < -0.3 is 15.0 Å². The van der Waals surface area contributed by atoms with Gasteiger partial charge in [-0.1, -0.05) is 67.4 Å². The number of amides is 1. The topological polar surface area (TPSA) is 54.5 Å². The van der Waals surface area contributed by atoms with E-state index in [2.05, 4.69) is 41.5 Å². The number of rotatable bonds is 9. The molecule has 1 aromatic heterocycles. The normalized spacial score (nSPS) is 16.2. The van der Waals surface area contributed by atoms with Crippen LogP contribution in [0.4, 0.5) is 0 Å². The van der Waals surface area contributed by atoms with Crippen LogP contribution in [-0.4, -0.2) is 42.0 Å². The third-order valence-electron chi connectivity index (χ3n) is 6.97. The molecule has 1 amide bonds. The molecule has 40 heavy (non-hydrogen) atoms. The van der Waals surface area contributed by atoms with Gasteiger partial charge in [0.15, 0.2) is 0 Å². The van der Waals surface area contributed by atoms with Gasteiger partial charge >= 0.3 is 0 Å². The number of carbonyl (C=O) groups excluding carboxylic acids is 1. The maximum Gasteiger partial charge on any atom is 0.252 e. The summed E-state index contributed by atoms with van der Waals surface area (Å²) < 4.78 is 5.56. The van der Waals surface area contributed by atoms with Gasteiger partial charge in [0.25, 0.3) is 5.91 Å². The highest BCUT2D eigenvalue weighted by atomic mass is 35.5. The van der Waals surface area contributed by atoms with Crippen LogP contribution >= 0.6 is 23.2 Å². The fraction of sp³-hybridized carbons (Fsp3) is 0.333. The molecule has 1 fully saturated rings. The van der Waals surface area contributed by atoms with E-state index in [4.69, 9.17) is 32.9 Å². The summed E-state index contributed by atoms with van der Waals surface area (Å²) >= 11 is 12.9. The summed E-state index contributed by atoms with van der Waals surface area (Å²) in [6.07, 6.45) is 1.92. The average molecular weight is 579 g/mol. The van der Waals surface area contributed by atoms with Crippen molar-refractivity contribution >= 4 is 40.0 Å². The number of fused-ring (bicyclic) bond motifs is 1. The van der Waals surface area contributed by atoms with Crippen molar-refractivity contribution in [1.29, 1.82) is 0 Å². The highest BCUT2D eigenvalue weighted by Crippen LogP contribution is 2.34. The van der Waals surface area contributed by atoms with Gasteiger partial charge in [0, 0.05) is 35.1 Å². The maximum absolute atomic E-state index is 13.5. The van der Waals surface area contributed by atoms with Crippen LogP contribution < -0.4 is 10.1 Å². The number of pyridine rings is 1. The lowest BCUT2D eigenvalue weighted by Gasteiger charge is -2.38. The molecule has 0 spiro atoms. The number of halogens is 2. The first kappa shape index (κ1) is 29.9. The van der Waals surface area contributed by atoms with Crippen LogP contribution in [0.3, 0.4) is 0 Å². The summed E-state index contributed by atoms with van der Waals surface area (Å²) in [5, 5.41) is 4.73. The molecule has 1 N–H and O–H groups in total. The first-order valence-electron chi connectivity index (χ1n) is 14.0. The van der Waals surface area contributed by atoms with Crippen molar-refractivity contribution in [3.63, 3.8) is 0 Å². The third-order valence-corrected chi connectivity index (χ3v) is 7.48. The van der Waals surface area contributed by atoms with E-state index in [1.54, 1.807) is 12.1 Å². The van der Waals surface area contributed by atoms with E-state index in [1.165, 1.54) is 5.56 Å². The van der Waals surface area contributed by atoms with Crippen molar-refractivity contribution in [2.75, 3.05) is 20.2 Å². The van der Waals surface area contributed by atoms with Crippen molar-refractivity contribution in [3.8, 4) is 17.0 Å². The van der Waals surface area contributed by atoms with Gasteiger partial charge in [0.05, 0.1) is 28.4 Å². The first-order chi connectivity index (χ1) is 19.4. The molecule has 0 atom stereocenters. The van der Waals surface area contributed by atoms with Crippen LogP contribution in [0.5, 0.6) is 5.75 Å². The van der Waals surface area contributed by atoms with Crippen molar-refractivity contribution in [3.05, 3.63) is 94.0 Å². The first-order valence-corrected chi connectivity index (χ1v) is 14.7. The number of carbonyl (C=O) groups is 1. The van der Waals surface area contributed by atoms with Gasteiger partial charge in [-0.2, -0.15) is 0 Å². The minimum Gasteiger partial charge on any atom is -0.494 e. The van der Waals surface area contributed by atoms with Gasteiger partial charge in [-0.25, -0.2) is 4.98 Å². The summed E-state index contributed by atoms with van der Waals surface area (Å²) in [4.78, 5) is 20.7. The van der Waals surface area contributed by atoms with E-state index in [0.29, 0.717) is 44.7 Å². The van der Waals surface area contributed by atoms with Gasteiger partial charge in [-0.15, -0.1) is 0 Å². The van der Waals surface area contributed by atoms with Crippen LogP contribution in [0.15, 0.2) is 72.8 Å². The fourth-order valence-corrected chi connectivity index (χ4v) is 5.75. The Morgan fingerprint density at radius 2 is 1.73 bits per heavy atom. The monoisotopic (exact) mass is 577 g/mol. The van der Waals surface area contributed by atoms with E-state index < -0.39 is 0 Å². The fourth-order valence-electron chi connectivity index (χ4n) is 5.17. The average Bonchev–Trinajstić information content (AvgIpc) is 2.93. The molecule has 1 saturated carbocycles. The van der Waals surface area contributed by atoms with Crippen molar-refractivity contribution in [1.82, 2.24) is 15.2 Å². The molecule has 1 aliphatic carbocycles.